The molecule has 2 rings (SSSR count). The van der Waals surface area contributed by atoms with Gasteiger partial charge in [-0.15, -0.1) is 0 Å². The first-order chi connectivity index (χ1) is 9.13. The van der Waals surface area contributed by atoms with Crippen LogP contribution in [0.4, 0.5) is 0 Å². The predicted octanol–water partition coefficient (Wildman–Crippen LogP) is 2.76. The molecule has 2 heterocycles. The van der Waals surface area contributed by atoms with Gasteiger partial charge in [-0.3, -0.25) is 4.68 Å². The van der Waals surface area contributed by atoms with Crippen molar-refractivity contribution in [3.8, 4) is 0 Å². The van der Waals surface area contributed by atoms with Crippen LogP contribution in [-0.2, 0) is 11.3 Å². The van der Waals surface area contributed by atoms with Crippen molar-refractivity contribution in [2.75, 3.05) is 19.8 Å². The molecule has 0 saturated carbocycles. The topological polar surface area (TPSA) is 39.1 Å². The van der Waals surface area contributed by atoms with Gasteiger partial charge >= 0.3 is 0 Å². The van der Waals surface area contributed by atoms with Gasteiger partial charge in [0.2, 0.25) is 0 Å². The molecule has 1 unspecified atom stereocenters. The van der Waals surface area contributed by atoms with Crippen LogP contribution >= 0.6 is 0 Å². The lowest BCUT2D eigenvalue weighted by atomic mass is 9.82. The quantitative estimate of drug-likeness (QED) is 0.859. The summed E-state index contributed by atoms with van der Waals surface area (Å²) in [6.07, 6.45) is 5.51. The largest absolute Gasteiger partial charge is 0.381 e. The predicted molar refractivity (Wildman–Crippen MR) is 77.1 cm³/mol. The highest BCUT2D eigenvalue weighted by molar-refractivity contribution is 4.99. The molecule has 19 heavy (non-hydrogen) atoms. The molecule has 0 radical (unpaired) electrons. The van der Waals surface area contributed by atoms with Gasteiger partial charge in [-0.25, -0.2) is 0 Å². The first kappa shape index (κ1) is 14.5. The summed E-state index contributed by atoms with van der Waals surface area (Å²) in [5, 5.41) is 8.17. The highest BCUT2D eigenvalue weighted by Crippen LogP contribution is 2.28. The van der Waals surface area contributed by atoms with Crippen molar-refractivity contribution >= 4 is 0 Å². The third-order valence-corrected chi connectivity index (χ3v) is 4.26. The second-order valence-corrected chi connectivity index (χ2v) is 6.07. The summed E-state index contributed by atoms with van der Waals surface area (Å²) in [5.41, 5.74) is 1.52. The lowest BCUT2D eigenvalue weighted by Gasteiger charge is -2.33. The molecule has 1 fully saturated rings. The third kappa shape index (κ3) is 4.05. The van der Waals surface area contributed by atoms with Crippen LogP contribution in [0.2, 0.25) is 0 Å². The Labute approximate surface area is 116 Å². The Hall–Kier alpha value is -0.870. The minimum absolute atomic E-state index is 0.386. The molecule has 1 aliphatic rings. The van der Waals surface area contributed by atoms with Gasteiger partial charge in [-0.2, -0.15) is 5.10 Å². The number of rotatable bonds is 6. The van der Waals surface area contributed by atoms with E-state index >= 15 is 0 Å². The van der Waals surface area contributed by atoms with Crippen molar-refractivity contribution in [1.29, 1.82) is 0 Å². The molecule has 0 spiro atoms. The number of hydrogen-bond donors (Lipinski definition) is 1. The van der Waals surface area contributed by atoms with Gasteiger partial charge < -0.3 is 10.1 Å². The minimum Gasteiger partial charge on any atom is -0.381 e. The first-order valence-electron chi connectivity index (χ1n) is 7.45. The fraction of sp³-hybridized carbons (Fsp3) is 0.800. The van der Waals surface area contributed by atoms with Crippen molar-refractivity contribution in [3.63, 3.8) is 0 Å². The molecule has 4 nitrogen and oxygen atoms in total. The van der Waals surface area contributed by atoms with Gasteiger partial charge in [0.15, 0.2) is 0 Å². The summed E-state index contributed by atoms with van der Waals surface area (Å²) >= 11 is 0. The second kappa shape index (κ2) is 6.53. The molecule has 108 valence electrons. The van der Waals surface area contributed by atoms with E-state index in [1.807, 2.05) is 0 Å². The van der Waals surface area contributed by atoms with Gasteiger partial charge in [0.1, 0.15) is 0 Å². The van der Waals surface area contributed by atoms with E-state index in [-0.39, 0.29) is 0 Å². The molecular weight excluding hydrogens is 238 g/mol. The van der Waals surface area contributed by atoms with Gasteiger partial charge in [-0.05, 0) is 37.7 Å². The summed E-state index contributed by atoms with van der Waals surface area (Å²) in [5.74, 6) is 0. The van der Waals surface area contributed by atoms with Crippen LogP contribution < -0.4 is 5.32 Å². The molecule has 1 N–H and O–H groups in total. The van der Waals surface area contributed by atoms with Gasteiger partial charge in [0, 0.05) is 38.5 Å². The summed E-state index contributed by atoms with van der Waals surface area (Å²) in [7, 11) is 0. The standard InChI is InChI=1S/C15H27N3O/c1-4-13(2)18-8-5-14(17-18)11-16-12-15(3)6-9-19-10-7-15/h5,8,13,16H,4,6-7,9-12H2,1-3H3. The lowest BCUT2D eigenvalue weighted by molar-refractivity contribution is 0.0239. The molecule has 1 aliphatic heterocycles. The molecule has 0 aromatic carbocycles. The summed E-state index contributed by atoms with van der Waals surface area (Å²) in [4.78, 5) is 0. The van der Waals surface area contributed by atoms with E-state index in [1.54, 1.807) is 0 Å². The lowest BCUT2D eigenvalue weighted by Crippen LogP contribution is -2.36. The van der Waals surface area contributed by atoms with Crippen LogP contribution in [0.1, 0.15) is 51.8 Å². The van der Waals surface area contributed by atoms with Gasteiger partial charge in [0.25, 0.3) is 0 Å². The van der Waals surface area contributed by atoms with Crippen molar-refractivity contribution in [3.05, 3.63) is 18.0 Å². The van der Waals surface area contributed by atoms with Crippen LogP contribution in [0.25, 0.3) is 0 Å². The highest BCUT2D eigenvalue weighted by atomic mass is 16.5. The number of nitrogens with one attached hydrogen (secondary N) is 1. The highest BCUT2D eigenvalue weighted by Gasteiger charge is 2.26. The minimum atomic E-state index is 0.386. The van der Waals surface area contributed by atoms with E-state index in [1.165, 1.54) is 0 Å². The van der Waals surface area contributed by atoms with E-state index < -0.39 is 0 Å². The van der Waals surface area contributed by atoms with E-state index in [0.29, 0.717) is 11.5 Å². The van der Waals surface area contributed by atoms with E-state index in [2.05, 4.69) is 48.1 Å². The zero-order chi connectivity index (χ0) is 13.7. The normalized spacial score (nSPS) is 20.4. The molecule has 0 aliphatic carbocycles. The molecular formula is C15H27N3O. The maximum absolute atomic E-state index is 5.43. The fourth-order valence-electron chi connectivity index (χ4n) is 2.44. The number of hydrogen-bond acceptors (Lipinski definition) is 3. The van der Waals surface area contributed by atoms with Gasteiger partial charge in [0.05, 0.1) is 5.69 Å². The number of aromatic nitrogens is 2. The van der Waals surface area contributed by atoms with Gasteiger partial charge in [-0.1, -0.05) is 13.8 Å². The van der Waals surface area contributed by atoms with Crippen LogP contribution in [-0.4, -0.2) is 29.5 Å². The maximum Gasteiger partial charge on any atom is 0.0762 e. The molecule has 1 aromatic rings. The number of nitrogens with zero attached hydrogens (tertiary/aromatic N) is 2. The molecule has 0 amide bonds. The Morgan fingerprint density at radius 3 is 2.89 bits per heavy atom. The zero-order valence-corrected chi connectivity index (χ0v) is 12.5. The summed E-state index contributed by atoms with van der Waals surface area (Å²) in [6.45, 7) is 10.5. The monoisotopic (exact) mass is 265 g/mol. The third-order valence-electron chi connectivity index (χ3n) is 4.26. The van der Waals surface area contributed by atoms with Crippen LogP contribution in [0, 0.1) is 5.41 Å². The van der Waals surface area contributed by atoms with Crippen molar-refractivity contribution in [2.24, 2.45) is 5.41 Å². The van der Waals surface area contributed by atoms with Crippen molar-refractivity contribution < 1.29 is 4.74 Å². The SMILES string of the molecule is CCC(C)n1ccc(CNCC2(C)CCOCC2)n1. The number of ether oxygens (including phenoxy) is 1. The summed E-state index contributed by atoms with van der Waals surface area (Å²) < 4.78 is 7.49. The Bertz CT molecular complexity index is 382. The molecule has 1 atom stereocenters. The molecule has 1 saturated heterocycles. The zero-order valence-electron chi connectivity index (χ0n) is 12.5. The van der Waals surface area contributed by atoms with E-state index in [0.717, 1.165) is 51.3 Å². The molecule has 1 aromatic heterocycles. The Kier molecular flexibility index (Phi) is 4.99. The van der Waals surface area contributed by atoms with Crippen molar-refractivity contribution in [2.45, 2.75) is 52.6 Å². The van der Waals surface area contributed by atoms with E-state index in [9.17, 15) is 0 Å². The molecule has 4 heteroatoms. The maximum atomic E-state index is 5.43. The average Bonchev–Trinajstić information content (AvgIpc) is 2.87. The first-order valence-corrected chi connectivity index (χ1v) is 7.45. The van der Waals surface area contributed by atoms with Crippen LogP contribution in [0.15, 0.2) is 12.3 Å². The summed E-state index contributed by atoms with van der Waals surface area (Å²) in [6, 6.07) is 2.60. The Morgan fingerprint density at radius 1 is 1.47 bits per heavy atom. The fourth-order valence-corrected chi connectivity index (χ4v) is 2.44. The Balaban J connectivity index is 1.77. The second-order valence-electron chi connectivity index (χ2n) is 6.07. The molecule has 0 bridgehead atoms. The smallest absolute Gasteiger partial charge is 0.0762 e. The van der Waals surface area contributed by atoms with E-state index in [4.69, 9.17) is 4.74 Å². The Morgan fingerprint density at radius 2 is 2.21 bits per heavy atom. The average molecular weight is 265 g/mol. The van der Waals surface area contributed by atoms with Crippen molar-refractivity contribution in [1.82, 2.24) is 15.1 Å². The van der Waals surface area contributed by atoms with Crippen LogP contribution in [0.5, 0.6) is 0 Å². The van der Waals surface area contributed by atoms with Crippen LogP contribution in [0.3, 0.4) is 0 Å².